The van der Waals surface area contributed by atoms with Gasteiger partial charge in [-0.25, -0.2) is 8.42 Å². The van der Waals surface area contributed by atoms with Crippen molar-refractivity contribution in [1.82, 2.24) is 0 Å². The first kappa shape index (κ1) is 20.4. The fraction of sp³-hybridized carbons (Fsp3) is 0.0870. The number of sulfonamides is 1. The van der Waals surface area contributed by atoms with Gasteiger partial charge in [-0.3, -0.25) is 9.52 Å². The summed E-state index contributed by atoms with van der Waals surface area (Å²) in [5.41, 5.74) is 2.73. The van der Waals surface area contributed by atoms with Crippen LogP contribution in [0.5, 0.6) is 5.75 Å². The summed E-state index contributed by atoms with van der Waals surface area (Å²) < 4.78 is 30.8. The first-order chi connectivity index (χ1) is 13.9. The van der Waals surface area contributed by atoms with Gasteiger partial charge in [0.05, 0.1) is 6.26 Å². The van der Waals surface area contributed by atoms with Crippen molar-refractivity contribution in [2.75, 3.05) is 11.0 Å². The Morgan fingerprint density at radius 1 is 0.931 bits per heavy atom. The predicted octanol–water partition coefficient (Wildman–Crippen LogP) is 4.53. The highest BCUT2D eigenvalue weighted by molar-refractivity contribution is 7.92. The fourth-order valence-electron chi connectivity index (χ4n) is 2.66. The van der Waals surface area contributed by atoms with E-state index in [4.69, 9.17) is 4.74 Å². The van der Waals surface area contributed by atoms with Gasteiger partial charge in [-0.15, -0.1) is 0 Å². The van der Waals surface area contributed by atoms with Crippen molar-refractivity contribution in [3.8, 4) is 5.75 Å². The van der Waals surface area contributed by atoms with Crippen LogP contribution in [-0.2, 0) is 16.6 Å². The Morgan fingerprint density at radius 3 is 2.28 bits per heavy atom. The van der Waals surface area contributed by atoms with Gasteiger partial charge in [0.2, 0.25) is 10.0 Å². The van der Waals surface area contributed by atoms with Crippen molar-refractivity contribution in [2.24, 2.45) is 0 Å². The zero-order chi connectivity index (χ0) is 20.7. The second-order valence-corrected chi connectivity index (χ2v) is 8.21. The van der Waals surface area contributed by atoms with Crippen LogP contribution in [0, 0.1) is 0 Å². The van der Waals surface area contributed by atoms with Crippen molar-refractivity contribution in [3.05, 3.63) is 102 Å². The lowest BCUT2D eigenvalue weighted by Gasteiger charge is -2.09. The summed E-state index contributed by atoms with van der Waals surface area (Å²) in [7, 11) is -3.35. The summed E-state index contributed by atoms with van der Waals surface area (Å²) in [5, 5.41) is 0. The maximum Gasteiger partial charge on any atom is 0.229 e. The first-order valence-electron chi connectivity index (χ1n) is 8.97. The minimum absolute atomic E-state index is 0.186. The summed E-state index contributed by atoms with van der Waals surface area (Å²) >= 11 is 0. The van der Waals surface area contributed by atoms with E-state index in [0.29, 0.717) is 23.6 Å². The standard InChI is InChI=1S/C23H21NO4S/c1-29(26,27)24-21-14-11-19(12-15-21)22(25)16-13-20-9-5-6-10-23(20)28-17-18-7-3-2-4-8-18/h2-16,24H,17H2,1H3/b16-13+. The average molecular weight is 407 g/mol. The van der Waals surface area contributed by atoms with E-state index in [9.17, 15) is 13.2 Å². The van der Waals surface area contributed by atoms with E-state index in [0.717, 1.165) is 17.4 Å². The van der Waals surface area contributed by atoms with E-state index in [-0.39, 0.29) is 5.78 Å². The van der Waals surface area contributed by atoms with Gasteiger partial charge in [0.1, 0.15) is 12.4 Å². The highest BCUT2D eigenvalue weighted by atomic mass is 32.2. The SMILES string of the molecule is CS(=O)(=O)Nc1ccc(C(=O)/C=C/c2ccccc2OCc2ccccc2)cc1. The Kier molecular flexibility index (Phi) is 6.46. The molecule has 0 fully saturated rings. The molecule has 0 heterocycles. The van der Waals surface area contributed by atoms with E-state index < -0.39 is 10.0 Å². The van der Waals surface area contributed by atoms with Crippen molar-refractivity contribution in [2.45, 2.75) is 6.61 Å². The van der Waals surface area contributed by atoms with Crippen molar-refractivity contribution in [1.29, 1.82) is 0 Å². The molecule has 0 aromatic heterocycles. The topological polar surface area (TPSA) is 72.5 Å². The lowest BCUT2D eigenvalue weighted by molar-refractivity contribution is 0.104. The molecule has 148 valence electrons. The molecule has 0 aliphatic heterocycles. The van der Waals surface area contributed by atoms with Gasteiger partial charge in [0.25, 0.3) is 0 Å². The molecule has 3 rings (SSSR count). The minimum Gasteiger partial charge on any atom is -0.488 e. The second kappa shape index (κ2) is 9.21. The third-order valence-electron chi connectivity index (χ3n) is 4.04. The number of ether oxygens (including phenoxy) is 1. The smallest absolute Gasteiger partial charge is 0.229 e. The Bertz CT molecular complexity index is 1110. The number of nitrogens with one attached hydrogen (secondary N) is 1. The Labute approximate surface area is 170 Å². The van der Waals surface area contributed by atoms with Crippen molar-refractivity contribution < 1.29 is 17.9 Å². The highest BCUT2D eigenvalue weighted by Crippen LogP contribution is 2.21. The van der Waals surface area contributed by atoms with E-state index in [2.05, 4.69) is 4.72 Å². The van der Waals surface area contributed by atoms with Gasteiger partial charge >= 0.3 is 0 Å². The van der Waals surface area contributed by atoms with E-state index in [1.807, 2.05) is 54.6 Å². The molecule has 0 bridgehead atoms. The number of carbonyl (C=O) groups excluding carboxylic acids is 1. The molecule has 0 amide bonds. The molecule has 0 atom stereocenters. The third-order valence-corrected chi connectivity index (χ3v) is 4.65. The molecule has 3 aromatic rings. The van der Waals surface area contributed by atoms with Crippen LogP contribution >= 0.6 is 0 Å². The van der Waals surface area contributed by atoms with Crippen LogP contribution < -0.4 is 9.46 Å². The van der Waals surface area contributed by atoms with Crippen molar-refractivity contribution >= 4 is 27.6 Å². The number of hydrogen-bond acceptors (Lipinski definition) is 4. The molecule has 0 spiro atoms. The van der Waals surface area contributed by atoms with Crippen LogP contribution in [-0.4, -0.2) is 20.5 Å². The number of benzene rings is 3. The Morgan fingerprint density at radius 2 is 1.59 bits per heavy atom. The third kappa shape index (κ3) is 6.33. The van der Waals surface area contributed by atoms with Crippen LogP contribution in [0.3, 0.4) is 0 Å². The summed E-state index contributed by atoms with van der Waals surface area (Å²) in [6.07, 6.45) is 4.27. The highest BCUT2D eigenvalue weighted by Gasteiger charge is 2.06. The number of para-hydroxylation sites is 1. The second-order valence-electron chi connectivity index (χ2n) is 6.46. The molecule has 0 saturated carbocycles. The van der Waals surface area contributed by atoms with Crippen LogP contribution in [0.4, 0.5) is 5.69 Å². The monoisotopic (exact) mass is 407 g/mol. The maximum absolute atomic E-state index is 12.4. The molecule has 0 saturated heterocycles. The van der Waals surface area contributed by atoms with Gasteiger partial charge in [0.15, 0.2) is 5.78 Å². The minimum atomic E-state index is -3.35. The summed E-state index contributed by atoms with van der Waals surface area (Å²) in [6.45, 7) is 0.439. The lowest BCUT2D eigenvalue weighted by atomic mass is 10.1. The number of ketones is 1. The fourth-order valence-corrected chi connectivity index (χ4v) is 3.23. The van der Waals surface area contributed by atoms with E-state index >= 15 is 0 Å². The largest absolute Gasteiger partial charge is 0.488 e. The molecular formula is C23H21NO4S. The number of rotatable bonds is 8. The summed E-state index contributed by atoms with van der Waals surface area (Å²) in [6, 6.07) is 23.6. The molecule has 0 aliphatic carbocycles. The van der Waals surface area contributed by atoms with Gasteiger partial charge in [-0.2, -0.15) is 0 Å². The molecule has 0 unspecified atom stereocenters. The molecule has 3 aromatic carbocycles. The van der Waals surface area contributed by atoms with Crippen LogP contribution in [0.1, 0.15) is 21.5 Å². The van der Waals surface area contributed by atoms with Crippen LogP contribution in [0.15, 0.2) is 84.9 Å². The zero-order valence-electron chi connectivity index (χ0n) is 15.9. The number of hydrogen-bond donors (Lipinski definition) is 1. The van der Waals surface area contributed by atoms with E-state index in [1.54, 1.807) is 30.3 Å². The Balaban J connectivity index is 1.68. The van der Waals surface area contributed by atoms with Gasteiger partial charge < -0.3 is 4.74 Å². The summed E-state index contributed by atoms with van der Waals surface area (Å²) in [5.74, 6) is 0.502. The normalized spacial score (nSPS) is 11.3. The Hall–Kier alpha value is -3.38. The first-order valence-corrected chi connectivity index (χ1v) is 10.9. The molecule has 5 nitrogen and oxygen atoms in total. The van der Waals surface area contributed by atoms with Gasteiger partial charge in [0, 0.05) is 16.8 Å². The van der Waals surface area contributed by atoms with E-state index in [1.165, 1.54) is 6.08 Å². The van der Waals surface area contributed by atoms with Gasteiger partial charge in [-0.1, -0.05) is 48.5 Å². The number of carbonyl (C=O) groups is 1. The summed E-state index contributed by atoms with van der Waals surface area (Å²) in [4.78, 5) is 12.4. The quantitative estimate of drug-likeness (QED) is 0.440. The van der Waals surface area contributed by atoms with Crippen LogP contribution in [0.25, 0.3) is 6.08 Å². The number of allylic oxidation sites excluding steroid dienone is 1. The molecule has 1 N–H and O–H groups in total. The maximum atomic E-state index is 12.4. The molecule has 0 aliphatic rings. The lowest BCUT2D eigenvalue weighted by Crippen LogP contribution is -2.09. The predicted molar refractivity (Wildman–Crippen MR) is 115 cm³/mol. The average Bonchev–Trinajstić information content (AvgIpc) is 2.71. The molecule has 6 heteroatoms. The van der Waals surface area contributed by atoms with Gasteiger partial charge in [-0.05, 0) is 48.0 Å². The zero-order valence-corrected chi connectivity index (χ0v) is 16.7. The van der Waals surface area contributed by atoms with Crippen molar-refractivity contribution in [3.63, 3.8) is 0 Å². The molecule has 0 radical (unpaired) electrons. The van der Waals surface area contributed by atoms with Crippen LogP contribution in [0.2, 0.25) is 0 Å². The molecular weight excluding hydrogens is 386 g/mol. The number of anilines is 1. The molecule has 29 heavy (non-hydrogen) atoms.